The predicted molar refractivity (Wildman–Crippen MR) is 213 cm³/mol. The number of hydrogen-bond donors (Lipinski definition) is 3. The Morgan fingerprint density at radius 1 is 0.926 bits per heavy atom. The standard InChI is InChI=1S/C42H42Cl2N8O2/c1-49-18-7-11-33(49)40(53)46-29-16-20-51(21-17-29)42-31(10-6-19-50(42)2)48-41(54)37-35-34-30(22-28(44)23-32(34)47-37)38(26-12-14-27(43)15-13-26)52-24-45-36(39(35)52)25-8-4-3-5-9-25/h3-6,8-10,12-15,22-24,29,33,38,47H,7,11,16-21H2,1-2H3,(H,46,53)(H,48,54)/t33-,38+/m0/s1. The SMILES string of the molecule is CN1CC=CC(NC(=O)c2[nH]c3cc(Cl)cc4c3c2-c2c(-c3ccccc3)ncn2[C@@H]4c2ccc(Cl)cc2)=C1N1CCC(NC(=O)[C@@H]2CCCN2C)CC1. The molecule has 3 N–H and O–H groups in total. The summed E-state index contributed by atoms with van der Waals surface area (Å²) in [4.78, 5) is 42.9. The minimum Gasteiger partial charge on any atom is -0.356 e. The molecule has 10 nitrogen and oxygen atoms in total. The van der Waals surface area contributed by atoms with Crippen LogP contribution in [0.4, 0.5) is 0 Å². The van der Waals surface area contributed by atoms with Gasteiger partial charge in [0.05, 0.1) is 35.5 Å². The number of hydrogen-bond acceptors (Lipinski definition) is 6. The topological polar surface area (TPSA) is 102 Å². The zero-order valence-electron chi connectivity index (χ0n) is 30.3. The smallest absolute Gasteiger partial charge is 0.272 e. The summed E-state index contributed by atoms with van der Waals surface area (Å²) in [6, 6.07) is 21.7. The molecule has 6 heterocycles. The quantitative estimate of drug-likeness (QED) is 0.162. The summed E-state index contributed by atoms with van der Waals surface area (Å²) in [6.07, 6.45) is 9.58. The van der Waals surface area contributed by atoms with E-state index in [1.165, 1.54) is 0 Å². The highest BCUT2D eigenvalue weighted by Gasteiger charge is 2.37. The van der Waals surface area contributed by atoms with Gasteiger partial charge in [0.2, 0.25) is 5.91 Å². The van der Waals surface area contributed by atoms with Gasteiger partial charge in [-0.1, -0.05) is 71.7 Å². The van der Waals surface area contributed by atoms with E-state index in [4.69, 9.17) is 28.2 Å². The molecule has 2 fully saturated rings. The second-order valence-corrected chi connectivity index (χ2v) is 15.7. The molecule has 0 aliphatic carbocycles. The third-order valence-corrected chi connectivity index (χ3v) is 11.9. The van der Waals surface area contributed by atoms with Gasteiger partial charge >= 0.3 is 0 Å². The van der Waals surface area contributed by atoms with Gasteiger partial charge in [-0.15, -0.1) is 0 Å². The maximum Gasteiger partial charge on any atom is 0.272 e. The van der Waals surface area contributed by atoms with Crippen molar-refractivity contribution >= 4 is 45.9 Å². The summed E-state index contributed by atoms with van der Waals surface area (Å²) in [6.45, 7) is 3.23. The summed E-state index contributed by atoms with van der Waals surface area (Å²) in [5.41, 5.74) is 7.34. The molecule has 0 spiro atoms. The van der Waals surface area contributed by atoms with E-state index in [2.05, 4.69) is 48.0 Å². The van der Waals surface area contributed by atoms with Crippen molar-refractivity contribution in [1.29, 1.82) is 0 Å². The molecule has 2 aromatic heterocycles. The van der Waals surface area contributed by atoms with Gasteiger partial charge in [0.1, 0.15) is 11.5 Å². The van der Waals surface area contributed by atoms with E-state index in [1.54, 1.807) is 0 Å². The van der Waals surface area contributed by atoms with Crippen molar-refractivity contribution in [3.8, 4) is 22.5 Å². The normalized spacial score (nSPS) is 20.1. The first-order valence-electron chi connectivity index (χ1n) is 18.7. The number of allylic oxidation sites excluding steroid dienone is 1. The van der Waals surface area contributed by atoms with Crippen LogP contribution in [0.5, 0.6) is 0 Å². The Balaban J connectivity index is 1.08. The molecular formula is C42H42Cl2N8O2. The maximum absolute atomic E-state index is 14.7. The fourth-order valence-corrected chi connectivity index (χ4v) is 9.21. The Morgan fingerprint density at radius 2 is 1.70 bits per heavy atom. The van der Waals surface area contributed by atoms with E-state index in [0.717, 1.165) is 108 Å². The maximum atomic E-state index is 14.7. The summed E-state index contributed by atoms with van der Waals surface area (Å²) in [5, 5.41) is 8.79. The van der Waals surface area contributed by atoms with Crippen LogP contribution in [0.25, 0.3) is 33.4 Å². The summed E-state index contributed by atoms with van der Waals surface area (Å²) in [7, 11) is 4.08. The van der Waals surface area contributed by atoms with Crippen LogP contribution < -0.4 is 10.6 Å². The highest BCUT2D eigenvalue weighted by atomic mass is 35.5. The molecule has 3 aromatic carbocycles. The number of carbonyl (C=O) groups excluding carboxylic acids is 2. The van der Waals surface area contributed by atoms with Crippen LogP contribution in [0.2, 0.25) is 10.0 Å². The number of rotatable bonds is 7. The van der Waals surface area contributed by atoms with Crippen LogP contribution in [-0.4, -0.2) is 93.4 Å². The van der Waals surface area contributed by atoms with E-state index in [9.17, 15) is 9.59 Å². The monoisotopic (exact) mass is 760 g/mol. The van der Waals surface area contributed by atoms with Crippen molar-refractivity contribution in [2.45, 2.75) is 43.8 Å². The van der Waals surface area contributed by atoms with Crippen LogP contribution in [-0.2, 0) is 4.79 Å². The molecule has 4 aliphatic heterocycles. The molecule has 2 atom stereocenters. The number of carbonyl (C=O) groups is 2. The number of imidazole rings is 1. The van der Waals surface area contributed by atoms with Crippen molar-refractivity contribution in [3.63, 3.8) is 0 Å². The van der Waals surface area contributed by atoms with E-state index in [0.29, 0.717) is 15.7 Å². The summed E-state index contributed by atoms with van der Waals surface area (Å²) >= 11 is 13.1. The Kier molecular flexibility index (Phi) is 9.00. The van der Waals surface area contributed by atoms with Gasteiger partial charge < -0.3 is 30.0 Å². The number of nitrogens with one attached hydrogen (secondary N) is 3. The van der Waals surface area contributed by atoms with Gasteiger partial charge in [-0.3, -0.25) is 14.5 Å². The number of likely N-dealkylation sites (tertiary alicyclic amines) is 2. The number of halogens is 2. The second kappa shape index (κ2) is 14.0. The fourth-order valence-electron chi connectivity index (χ4n) is 8.86. The predicted octanol–water partition coefficient (Wildman–Crippen LogP) is 7.03. The van der Waals surface area contributed by atoms with Crippen molar-refractivity contribution in [2.24, 2.45) is 0 Å². The van der Waals surface area contributed by atoms with E-state index in [1.807, 2.05) is 86.2 Å². The summed E-state index contributed by atoms with van der Waals surface area (Å²) < 4.78 is 2.15. The molecule has 4 aliphatic rings. The molecular weight excluding hydrogens is 719 g/mol. The first-order chi connectivity index (χ1) is 26.2. The number of aromatic nitrogens is 3. The Hall–Kier alpha value is -5.03. The minimum atomic E-state index is -0.254. The molecule has 12 heteroatoms. The first kappa shape index (κ1) is 34.7. The molecule has 0 saturated carbocycles. The van der Waals surface area contributed by atoms with Gasteiger partial charge in [-0.2, -0.15) is 0 Å². The van der Waals surface area contributed by atoms with E-state index in [-0.39, 0.29) is 29.9 Å². The molecule has 0 bridgehead atoms. The van der Waals surface area contributed by atoms with Crippen LogP contribution in [0, 0.1) is 0 Å². The van der Waals surface area contributed by atoms with Gasteiger partial charge in [0.25, 0.3) is 5.91 Å². The molecule has 2 saturated heterocycles. The number of nitrogens with zero attached hydrogens (tertiary/aromatic N) is 5. The van der Waals surface area contributed by atoms with Crippen LogP contribution >= 0.6 is 23.2 Å². The van der Waals surface area contributed by atoms with Gasteiger partial charge in [-0.25, -0.2) is 4.98 Å². The highest BCUT2D eigenvalue weighted by Crippen LogP contribution is 2.49. The van der Waals surface area contributed by atoms with Crippen molar-refractivity contribution in [1.82, 2.24) is 39.9 Å². The number of aromatic amines is 1. The third-order valence-electron chi connectivity index (χ3n) is 11.4. The lowest BCUT2D eigenvalue weighted by molar-refractivity contribution is -0.126. The Morgan fingerprint density at radius 3 is 2.44 bits per heavy atom. The Bertz CT molecular complexity index is 2320. The minimum absolute atomic E-state index is 0.0325. The van der Waals surface area contributed by atoms with Crippen molar-refractivity contribution < 1.29 is 9.59 Å². The molecule has 276 valence electrons. The highest BCUT2D eigenvalue weighted by molar-refractivity contribution is 6.32. The van der Waals surface area contributed by atoms with E-state index < -0.39 is 0 Å². The van der Waals surface area contributed by atoms with Gasteiger partial charge in [0.15, 0.2) is 0 Å². The first-order valence-corrected chi connectivity index (χ1v) is 19.4. The average molecular weight is 762 g/mol. The van der Waals surface area contributed by atoms with Crippen molar-refractivity contribution in [2.75, 3.05) is 40.3 Å². The molecule has 54 heavy (non-hydrogen) atoms. The van der Waals surface area contributed by atoms with E-state index >= 15 is 0 Å². The number of likely N-dealkylation sites (N-methyl/N-ethyl adjacent to an activating group) is 2. The lowest BCUT2D eigenvalue weighted by Crippen LogP contribution is -2.51. The van der Waals surface area contributed by atoms with Crippen LogP contribution in [0.3, 0.4) is 0 Å². The van der Waals surface area contributed by atoms with Gasteiger partial charge in [0, 0.05) is 64.8 Å². The summed E-state index contributed by atoms with van der Waals surface area (Å²) in [5.74, 6) is 0.856. The van der Waals surface area contributed by atoms with Gasteiger partial charge in [-0.05, 0) is 80.7 Å². The lowest BCUT2D eigenvalue weighted by Gasteiger charge is -2.41. The number of H-pyrrole nitrogens is 1. The van der Waals surface area contributed by atoms with Crippen molar-refractivity contribution in [3.05, 3.63) is 124 Å². The average Bonchev–Trinajstić information content (AvgIpc) is 3.91. The zero-order chi connectivity index (χ0) is 37.1. The third kappa shape index (κ3) is 6.06. The molecule has 2 amide bonds. The fraction of sp³-hybridized carbons (Fsp3) is 0.310. The second-order valence-electron chi connectivity index (χ2n) is 14.8. The molecule has 0 radical (unpaired) electrons. The molecule has 5 aromatic rings. The van der Waals surface area contributed by atoms with Crippen LogP contribution in [0.15, 0.2) is 96.7 Å². The number of amides is 2. The molecule has 9 rings (SSSR count). The Labute approximate surface area is 324 Å². The number of piperidine rings is 1. The number of benzene rings is 3. The number of fused-ring (bicyclic) bond motifs is 2. The molecule has 0 unspecified atom stereocenters. The lowest BCUT2D eigenvalue weighted by atomic mass is 9.88. The zero-order valence-corrected chi connectivity index (χ0v) is 31.8. The van der Waals surface area contributed by atoms with Crippen LogP contribution in [0.1, 0.15) is 53.3 Å². The largest absolute Gasteiger partial charge is 0.356 e.